The number of benzene rings is 1. The van der Waals surface area contributed by atoms with Crippen molar-refractivity contribution >= 4 is 9.84 Å². The van der Waals surface area contributed by atoms with Gasteiger partial charge in [0, 0.05) is 6.26 Å². The van der Waals surface area contributed by atoms with E-state index in [1.807, 2.05) is 26.0 Å². The highest BCUT2D eigenvalue weighted by Gasteiger charge is 2.18. The van der Waals surface area contributed by atoms with Crippen LogP contribution in [0.5, 0.6) is 0 Å². The molecule has 0 atom stereocenters. The molecule has 0 N–H and O–H groups in total. The zero-order valence-electron chi connectivity index (χ0n) is 11.3. The molecule has 0 aromatic heterocycles. The second-order valence-corrected chi connectivity index (χ2v) is 7.34. The minimum atomic E-state index is -3.14. The number of hydrogen-bond donors (Lipinski definition) is 0. The molecule has 0 aliphatic carbocycles. The zero-order valence-corrected chi connectivity index (χ0v) is 12.1. The summed E-state index contributed by atoms with van der Waals surface area (Å²) in [6.07, 6.45) is 2.21. The molecule has 0 radical (unpaired) electrons. The molecule has 3 heteroatoms. The summed E-state index contributed by atoms with van der Waals surface area (Å²) in [5.74, 6) is 0.761. The Hall–Kier alpha value is -0.830. The van der Waals surface area contributed by atoms with Crippen LogP contribution in [0.1, 0.15) is 44.7 Å². The Bertz CT molecular complexity index is 485. The van der Waals surface area contributed by atoms with E-state index in [4.69, 9.17) is 0 Å². The van der Waals surface area contributed by atoms with Crippen molar-refractivity contribution in [1.29, 1.82) is 0 Å². The van der Waals surface area contributed by atoms with E-state index in [0.29, 0.717) is 10.8 Å². The second-order valence-electron chi connectivity index (χ2n) is 5.35. The van der Waals surface area contributed by atoms with Crippen LogP contribution in [0.4, 0.5) is 0 Å². The topological polar surface area (TPSA) is 34.1 Å². The largest absolute Gasteiger partial charge is 0.224 e. The molecular weight excluding hydrogens is 232 g/mol. The van der Waals surface area contributed by atoms with Crippen LogP contribution >= 0.6 is 0 Å². The van der Waals surface area contributed by atoms with Gasteiger partial charge in [-0.05, 0) is 35.4 Å². The van der Waals surface area contributed by atoms with E-state index in [1.54, 1.807) is 6.07 Å². The predicted molar refractivity (Wildman–Crippen MR) is 72.2 cm³/mol. The molecular formula is C14H22O2S. The Balaban J connectivity index is 3.43. The van der Waals surface area contributed by atoms with Crippen molar-refractivity contribution in [3.63, 3.8) is 0 Å². The van der Waals surface area contributed by atoms with E-state index >= 15 is 0 Å². The first-order chi connectivity index (χ1) is 7.73. The van der Waals surface area contributed by atoms with Crippen molar-refractivity contribution in [1.82, 2.24) is 0 Å². The highest BCUT2D eigenvalue weighted by molar-refractivity contribution is 7.90. The first-order valence-electron chi connectivity index (χ1n) is 6.05. The molecule has 0 amide bonds. The van der Waals surface area contributed by atoms with E-state index in [1.165, 1.54) is 6.26 Å². The number of hydrogen-bond acceptors (Lipinski definition) is 2. The van der Waals surface area contributed by atoms with Crippen LogP contribution in [0.25, 0.3) is 0 Å². The normalized spacial score (nSPS) is 12.4. The van der Waals surface area contributed by atoms with Gasteiger partial charge in [-0.1, -0.05) is 39.8 Å². The van der Waals surface area contributed by atoms with Gasteiger partial charge in [0.2, 0.25) is 0 Å². The van der Waals surface area contributed by atoms with Crippen LogP contribution in [0.2, 0.25) is 0 Å². The molecule has 0 aliphatic heterocycles. The maximum atomic E-state index is 11.8. The third kappa shape index (κ3) is 3.56. The Morgan fingerprint density at radius 1 is 1.12 bits per heavy atom. The van der Waals surface area contributed by atoms with Crippen molar-refractivity contribution in [2.75, 3.05) is 6.26 Å². The summed E-state index contributed by atoms with van der Waals surface area (Å²) >= 11 is 0. The molecule has 1 aromatic rings. The molecule has 2 nitrogen and oxygen atoms in total. The molecule has 0 unspecified atom stereocenters. The van der Waals surface area contributed by atoms with Crippen molar-refractivity contribution < 1.29 is 8.42 Å². The molecule has 96 valence electrons. The first-order valence-corrected chi connectivity index (χ1v) is 7.94. The van der Waals surface area contributed by atoms with Crippen molar-refractivity contribution in [2.24, 2.45) is 5.92 Å². The zero-order chi connectivity index (χ0) is 13.2. The van der Waals surface area contributed by atoms with E-state index in [-0.39, 0.29) is 5.92 Å². The fourth-order valence-electron chi connectivity index (χ4n) is 2.19. The predicted octanol–water partition coefficient (Wildman–Crippen LogP) is 3.41. The molecule has 0 aliphatic rings. The molecule has 1 aromatic carbocycles. The summed E-state index contributed by atoms with van der Waals surface area (Å²) < 4.78 is 23.6. The van der Waals surface area contributed by atoms with Gasteiger partial charge in [-0.15, -0.1) is 0 Å². The van der Waals surface area contributed by atoms with E-state index in [2.05, 4.69) is 13.8 Å². The molecule has 0 saturated carbocycles. The molecule has 0 fully saturated rings. The van der Waals surface area contributed by atoms with Crippen LogP contribution in [0, 0.1) is 5.92 Å². The Morgan fingerprint density at radius 3 is 2.12 bits per heavy atom. The lowest BCUT2D eigenvalue weighted by molar-refractivity contribution is 0.596. The van der Waals surface area contributed by atoms with Gasteiger partial charge in [-0.25, -0.2) is 8.42 Å². The lowest BCUT2D eigenvalue weighted by Gasteiger charge is -2.18. The SMILES string of the molecule is CC(C)Cc1cccc(S(C)(=O)=O)c1C(C)C. The van der Waals surface area contributed by atoms with Crippen LogP contribution in [-0.2, 0) is 16.3 Å². The van der Waals surface area contributed by atoms with E-state index < -0.39 is 9.84 Å². The van der Waals surface area contributed by atoms with Crippen LogP contribution in [0.3, 0.4) is 0 Å². The van der Waals surface area contributed by atoms with Gasteiger partial charge < -0.3 is 0 Å². The summed E-state index contributed by atoms with van der Waals surface area (Å²) in [5, 5.41) is 0. The second kappa shape index (κ2) is 5.21. The quantitative estimate of drug-likeness (QED) is 0.825. The van der Waals surface area contributed by atoms with Gasteiger partial charge in [0.1, 0.15) is 0 Å². The van der Waals surface area contributed by atoms with E-state index in [9.17, 15) is 8.42 Å². The summed E-state index contributed by atoms with van der Waals surface area (Å²) in [6, 6.07) is 5.61. The average Bonchev–Trinajstić information content (AvgIpc) is 2.14. The van der Waals surface area contributed by atoms with Gasteiger partial charge in [0.25, 0.3) is 0 Å². The molecule has 0 saturated heterocycles. The lowest BCUT2D eigenvalue weighted by Crippen LogP contribution is -2.09. The first kappa shape index (κ1) is 14.2. The Morgan fingerprint density at radius 2 is 1.71 bits per heavy atom. The fraction of sp³-hybridized carbons (Fsp3) is 0.571. The van der Waals surface area contributed by atoms with Crippen molar-refractivity contribution in [3.05, 3.63) is 29.3 Å². The maximum absolute atomic E-state index is 11.8. The minimum absolute atomic E-state index is 0.231. The highest BCUT2D eigenvalue weighted by atomic mass is 32.2. The molecule has 1 rings (SSSR count). The minimum Gasteiger partial charge on any atom is -0.224 e. The Labute approximate surface area is 105 Å². The third-order valence-corrected chi connectivity index (χ3v) is 3.92. The summed E-state index contributed by atoms with van der Waals surface area (Å²) in [5.41, 5.74) is 2.15. The summed E-state index contributed by atoms with van der Waals surface area (Å²) in [7, 11) is -3.14. The van der Waals surface area contributed by atoms with Gasteiger partial charge in [-0.3, -0.25) is 0 Å². The molecule has 0 bridgehead atoms. The van der Waals surface area contributed by atoms with Gasteiger partial charge >= 0.3 is 0 Å². The Kier molecular flexibility index (Phi) is 4.36. The fourth-order valence-corrected chi connectivity index (χ4v) is 3.28. The maximum Gasteiger partial charge on any atom is 0.175 e. The smallest absolute Gasteiger partial charge is 0.175 e. The highest BCUT2D eigenvalue weighted by Crippen LogP contribution is 2.29. The van der Waals surface area contributed by atoms with Crippen LogP contribution < -0.4 is 0 Å². The molecule has 17 heavy (non-hydrogen) atoms. The monoisotopic (exact) mass is 254 g/mol. The van der Waals surface area contributed by atoms with Gasteiger partial charge in [0.05, 0.1) is 4.90 Å². The third-order valence-electron chi connectivity index (χ3n) is 2.76. The lowest BCUT2D eigenvalue weighted by atomic mass is 9.92. The number of sulfone groups is 1. The van der Waals surface area contributed by atoms with Crippen LogP contribution in [-0.4, -0.2) is 14.7 Å². The summed E-state index contributed by atoms with van der Waals surface area (Å²) in [4.78, 5) is 0.491. The average molecular weight is 254 g/mol. The van der Waals surface area contributed by atoms with Crippen molar-refractivity contribution in [2.45, 2.75) is 44.9 Å². The molecule has 0 heterocycles. The van der Waals surface area contributed by atoms with Crippen LogP contribution in [0.15, 0.2) is 23.1 Å². The van der Waals surface area contributed by atoms with E-state index in [0.717, 1.165) is 17.5 Å². The van der Waals surface area contributed by atoms with Crippen molar-refractivity contribution in [3.8, 4) is 0 Å². The van der Waals surface area contributed by atoms with Gasteiger partial charge in [-0.2, -0.15) is 0 Å². The van der Waals surface area contributed by atoms with Gasteiger partial charge in [0.15, 0.2) is 9.84 Å². The molecule has 0 spiro atoms. The standard InChI is InChI=1S/C14H22O2S/c1-10(2)9-12-7-6-8-13(17(5,15)16)14(12)11(3)4/h6-8,10-11H,9H2,1-5H3. The summed E-state index contributed by atoms with van der Waals surface area (Å²) in [6.45, 7) is 8.40. The number of rotatable bonds is 4.